The van der Waals surface area contributed by atoms with E-state index in [0.717, 1.165) is 10.0 Å². The second-order valence-corrected chi connectivity index (χ2v) is 6.16. The first kappa shape index (κ1) is 15.8. The minimum atomic E-state index is -0.465. The molecule has 4 heteroatoms. The van der Waals surface area contributed by atoms with Gasteiger partial charge in [0.05, 0.1) is 0 Å². The number of benzene rings is 1. The Balaban J connectivity index is 2.44. The van der Waals surface area contributed by atoms with Gasteiger partial charge in [0.2, 0.25) is 0 Å². The molecule has 1 aromatic carbocycles. The lowest BCUT2D eigenvalue weighted by Gasteiger charge is -2.19. The molecule has 0 heterocycles. The molecule has 1 aromatic rings. The highest BCUT2D eigenvalue weighted by Gasteiger charge is 2.14. The van der Waals surface area contributed by atoms with Gasteiger partial charge in [0, 0.05) is 11.0 Å². The van der Waals surface area contributed by atoms with Crippen LogP contribution in [-0.4, -0.2) is 18.2 Å². The Morgan fingerprint density at radius 3 is 2.68 bits per heavy atom. The van der Waals surface area contributed by atoms with Gasteiger partial charge in [-0.1, -0.05) is 40.2 Å². The predicted octanol–water partition coefficient (Wildman–Crippen LogP) is 4.30. The number of aryl methyl sites for hydroxylation is 1. The second kappa shape index (κ2) is 6.75. The van der Waals surface area contributed by atoms with Gasteiger partial charge < -0.3 is 10.1 Å². The number of alkyl carbamates (subject to hydrolysis) is 1. The number of amides is 1. The van der Waals surface area contributed by atoms with Gasteiger partial charge in [0.15, 0.2) is 0 Å². The quantitative estimate of drug-likeness (QED) is 0.899. The van der Waals surface area contributed by atoms with E-state index < -0.39 is 11.7 Å². The van der Waals surface area contributed by atoms with E-state index in [0.29, 0.717) is 6.54 Å². The average Bonchev–Trinajstić information content (AvgIpc) is 2.24. The molecule has 1 rings (SSSR count). The molecular weight excluding hydrogens is 306 g/mol. The van der Waals surface area contributed by atoms with E-state index in [9.17, 15) is 4.79 Å². The third-order valence-electron chi connectivity index (χ3n) is 2.22. The van der Waals surface area contributed by atoms with E-state index in [4.69, 9.17) is 4.74 Å². The molecule has 104 valence electrons. The van der Waals surface area contributed by atoms with Crippen LogP contribution in [0.2, 0.25) is 0 Å². The third kappa shape index (κ3) is 6.43. The fourth-order valence-corrected chi connectivity index (χ4v) is 2.04. The Morgan fingerprint density at radius 2 is 2.11 bits per heavy atom. The van der Waals surface area contributed by atoms with Gasteiger partial charge in [0.25, 0.3) is 0 Å². The van der Waals surface area contributed by atoms with Gasteiger partial charge in [-0.05, 0) is 44.9 Å². The van der Waals surface area contributed by atoms with Crippen LogP contribution in [0.15, 0.2) is 28.7 Å². The number of ether oxygens (including phenoxy) is 1. The molecule has 0 atom stereocenters. The molecule has 1 amide bonds. The van der Waals surface area contributed by atoms with Gasteiger partial charge in [-0.25, -0.2) is 4.79 Å². The van der Waals surface area contributed by atoms with Crippen LogP contribution in [0, 0.1) is 6.92 Å². The first-order valence-electron chi connectivity index (χ1n) is 6.17. The highest BCUT2D eigenvalue weighted by molar-refractivity contribution is 9.10. The molecule has 0 aliphatic carbocycles. The fourth-order valence-electron chi connectivity index (χ4n) is 1.41. The van der Waals surface area contributed by atoms with Gasteiger partial charge in [-0.3, -0.25) is 0 Å². The summed E-state index contributed by atoms with van der Waals surface area (Å²) in [6, 6.07) is 6.14. The summed E-state index contributed by atoms with van der Waals surface area (Å²) in [6.45, 7) is 8.00. The number of carbonyl (C=O) groups excluding carboxylic acids is 1. The highest BCUT2D eigenvalue weighted by Crippen LogP contribution is 2.19. The third-order valence-corrected chi connectivity index (χ3v) is 2.90. The Kier molecular flexibility index (Phi) is 5.60. The Labute approximate surface area is 123 Å². The van der Waals surface area contributed by atoms with Gasteiger partial charge in [-0.2, -0.15) is 0 Å². The molecule has 0 saturated carbocycles. The van der Waals surface area contributed by atoms with Crippen molar-refractivity contribution in [2.24, 2.45) is 0 Å². The molecule has 0 fully saturated rings. The zero-order chi connectivity index (χ0) is 14.5. The van der Waals surface area contributed by atoms with Crippen LogP contribution < -0.4 is 5.32 Å². The average molecular weight is 326 g/mol. The molecule has 0 bridgehead atoms. The zero-order valence-electron chi connectivity index (χ0n) is 11.8. The lowest BCUT2D eigenvalue weighted by molar-refractivity contribution is 0.0534. The van der Waals surface area contributed by atoms with Crippen molar-refractivity contribution in [1.29, 1.82) is 0 Å². The summed E-state index contributed by atoms with van der Waals surface area (Å²) in [5.41, 5.74) is 1.82. The van der Waals surface area contributed by atoms with Gasteiger partial charge in [0.1, 0.15) is 5.60 Å². The van der Waals surface area contributed by atoms with Crippen LogP contribution in [0.25, 0.3) is 6.08 Å². The van der Waals surface area contributed by atoms with E-state index in [1.807, 2.05) is 52.0 Å². The summed E-state index contributed by atoms with van der Waals surface area (Å²) in [6.07, 6.45) is 3.44. The maximum Gasteiger partial charge on any atom is 0.407 e. The number of halogens is 1. The number of hydrogen-bond donors (Lipinski definition) is 1. The van der Waals surface area contributed by atoms with Crippen molar-refractivity contribution < 1.29 is 9.53 Å². The van der Waals surface area contributed by atoms with E-state index in [1.54, 1.807) is 0 Å². The summed E-state index contributed by atoms with van der Waals surface area (Å²) >= 11 is 3.50. The predicted molar refractivity (Wildman–Crippen MR) is 82.1 cm³/mol. The smallest absolute Gasteiger partial charge is 0.407 e. The summed E-state index contributed by atoms with van der Waals surface area (Å²) in [4.78, 5) is 11.4. The van der Waals surface area contributed by atoms with Crippen LogP contribution >= 0.6 is 15.9 Å². The van der Waals surface area contributed by atoms with Crippen molar-refractivity contribution in [2.75, 3.05) is 6.54 Å². The largest absolute Gasteiger partial charge is 0.444 e. The van der Waals surface area contributed by atoms with E-state index in [1.165, 1.54) is 5.56 Å². The van der Waals surface area contributed by atoms with Gasteiger partial charge >= 0.3 is 6.09 Å². The maximum absolute atomic E-state index is 11.4. The van der Waals surface area contributed by atoms with Crippen molar-refractivity contribution in [2.45, 2.75) is 33.3 Å². The topological polar surface area (TPSA) is 38.3 Å². The lowest BCUT2D eigenvalue weighted by Crippen LogP contribution is -2.32. The fraction of sp³-hybridized carbons (Fsp3) is 0.400. The number of carbonyl (C=O) groups is 1. The minimum Gasteiger partial charge on any atom is -0.444 e. The molecule has 0 aromatic heterocycles. The molecule has 0 saturated heterocycles. The first-order valence-corrected chi connectivity index (χ1v) is 6.97. The Bertz CT molecular complexity index is 476. The molecule has 0 unspecified atom stereocenters. The minimum absolute atomic E-state index is 0.403. The number of nitrogens with one attached hydrogen (secondary N) is 1. The van der Waals surface area contributed by atoms with E-state index >= 15 is 0 Å². The van der Waals surface area contributed by atoms with Crippen LogP contribution in [0.5, 0.6) is 0 Å². The molecule has 0 spiro atoms. The summed E-state index contributed by atoms with van der Waals surface area (Å²) < 4.78 is 6.18. The summed E-state index contributed by atoms with van der Waals surface area (Å²) in [7, 11) is 0. The molecule has 0 radical (unpaired) electrons. The highest BCUT2D eigenvalue weighted by atomic mass is 79.9. The monoisotopic (exact) mass is 325 g/mol. The van der Waals surface area contributed by atoms with Crippen LogP contribution in [0.1, 0.15) is 31.9 Å². The second-order valence-electron chi connectivity index (χ2n) is 5.31. The van der Waals surface area contributed by atoms with E-state index in [2.05, 4.69) is 27.3 Å². The SMILES string of the molecule is Cc1ccc(C=CCNC(=O)OC(C)(C)C)c(Br)c1. The van der Waals surface area contributed by atoms with Crippen molar-refractivity contribution in [1.82, 2.24) is 5.32 Å². The van der Waals surface area contributed by atoms with Crippen LogP contribution in [-0.2, 0) is 4.74 Å². The summed E-state index contributed by atoms with van der Waals surface area (Å²) in [5, 5.41) is 2.68. The Morgan fingerprint density at radius 1 is 1.42 bits per heavy atom. The zero-order valence-corrected chi connectivity index (χ0v) is 13.4. The molecule has 1 N–H and O–H groups in total. The first-order chi connectivity index (χ1) is 8.78. The van der Waals surface area contributed by atoms with Gasteiger partial charge in [-0.15, -0.1) is 0 Å². The number of rotatable bonds is 3. The van der Waals surface area contributed by atoms with Crippen LogP contribution in [0.3, 0.4) is 0 Å². The lowest BCUT2D eigenvalue weighted by atomic mass is 10.1. The van der Waals surface area contributed by atoms with Crippen molar-refractivity contribution in [3.05, 3.63) is 39.9 Å². The molecule has 0 aliphatic rings. The molecule has 3 nitrogen and oxygen atoms in total. The van der Waals surface area contributed by atoms with Crippen LogP contribution in [0.4, 0.5) is 4.79 Å². The molecule has 19 heavy (non-hydrogen) atoms. The standard InChI is InChI=1S/C15H20BrNO2/c1-11-7-8-12(13(16)10-11)6-5-9-17-14(18)19-15(2,3)4/h5-8,10H,9H2,1-4H3,(H,17,18). The Hall–Kier alpha value is -1.29. The van der Waals surface area contributed by atoms with Crippen molar-refractivity contribution in [3.63, 3.8) is 0 Å². The normalized spacial score (nSPS) is 11.6. The van der Waals surface area contributed by atoms with Crippen molar-refractivity contribution >= 4 is 28.1 Å². The summed E-state index contributed by atoms with van der Waals surface area (Å²) in [5.74, 6) is 0. The molecule has 0 aliphatic heterocycles. The number of hydrogen-bond acceptors (Lipinski definition) is 2. The molecular formula is C15H20BrNO2. The maximum atomic E-state index is 11.4. The van der Waals surface area contributed by atoms with Crippen molar-refractivity contribution in [3.8, 4) is 0 Å². The van der Waals surface area contributed by atoms with E-state index in [-0.39, 0.29) is 0 Å².